The first-order valence-corrected chi connectivity index (χ1v) is 10.3. The summed E-state index contributed by atoms with van der Waals surface area (Å²) in [6.07, 6.45) is 0. The first kappa shape index (κ1) is 21.6. The zero-order valence-corrected chi connectivity index (χ0v) is 18.3. The summed E-state index contributed by atoms with van der Waals surface area (Å²) in [4.78, 5) is 36.2. The average molecular weight is 450 g/mol. The van der Waals surface area contributed by atoms with Gasteiger partial charge >= 0.3 is 5.97 Å². The lowest BCUT2D eigenvalue weighted by Gasteiger charge is -2.12. The van der Waals surface area contributed by atoms with Gasteiger partial charge < -0.3 is 14.0 Å². The van der Waals surface area contributed by atoms with E-state index in [1.165, 1.54) is 7.11 Å². The molecule has 4 rings (SSSR count). The maximum atomic E-state index is 12.8. The predicted molar refractivity (Wildman–Crippen MR) is 122 cm³/mol. The number of hydrogen-bond acceptors (Lipinski definition) is 5. The molecule has 0 N–H and O–H groups in total. The second-order valence-electron chi connectivity index (χ2n) is 7.30. The Labute approximate surface area is 189 Å². The maximum Gasteiger partial charge on any atom is 0.343 e. The van der Waals surface area contributed by atoms with Crippen LogP contribution in [0.2, 0.25) is 0 Å². The monoisotopic (exact) mass is 449 g/mol. The van der Waals surface area contributed by atoms with Crippen molar-refractivity contribution in [2.75, 3.05) is 13.7 Å². The molecule has 0 aliphatic carbocycles. The Morgan fingerprint density at radius 2 is 1.69 bits per heavy atom. The number of halogens is 1. The summed E-state index contributed by atoms with van der Waals surface area (Å²) in [6.45, 7) is 1.90. The van der Waals surface area contributed by atoms with Gasteiger partial charge in [-0.2, -0.15) is 0 Å². The molecule has 32 heavy (non-hydrogen) atoms. The number of fused-ring (bicyclic) bond motifs is 2. The van der Waals surface area contributed by atoms with Gasteiger partial charge in [0.15, 0.2) is 6.61 Å². The van der Waals surface area contributed by atoms with Crippen molar-refractivity contribution in [2.24, 2.45) is 0 Å². The van der Waals surface area contributed by atoms with Crippen LogP contribution in [0.4, 0.5) is 0 Å². The van der Waals surface area contributed by atoms with E-state index in [0.717, 1.165) is 16.3 Å². The van der Waals surface area contributed by atoms with Gasteiger partial charge in [0, 0.05) is 12.2 Å². The van der Waals surface area contributed by atoms with Gasteiger partial charge in [0.2, 0.25) is 5.78 Å². The Morgan fingerprint density at radius 3 is 2.44 bits per heavy atom. The molecule has 1 aromatic heterocycles. The molecule has 0 aliphatic heterocycles. The third-order valence-electron chi connectivity index (χ3n) is 5.50. The summed E-state index contributed by atoms with van der Waals surface area (Å²) in [5.41, 5.74) is 2.50. The van der Waals surface area contributed by atoms with E-state index in [1.54, 1.807) is 19.1 Å². The van der Waals surface area contributed by atoms with Crippen LogP contribution in [0.25, 0.3) is 21.7 Å². The number of benzene rings is 3. The Balaban J connectivity index is 1.91. The van der Waals surface area contributed by atoms with Crippen molar-refractivity contribution in [2.45, 2.75) is 13.5 Å². The van der Waals surface area contributed by atoms with Crippen LogP contribution in [0.1, 0.15) is 21.6 Å². The molecule has 162 valence electrons. The van der Waals surface area contributed by atoms with Gasteiger partial charge in [-0.05, 0) is 47.0 Å². The second-order valence-corrected chi connectivity index (χ2v) is 7.65. The number of carbonyl (C=O) groups excluding carboxylic acids is 3. The van der Waals surface area contributed by atoms with Crippen molar-refractivity contribution < 1.29 is 23.9 Å². The molecule has 0 aliphatic rings. The van der Waals surface area contributed by atoms with Gasteiger partial charge in [-0.25, -0.2) is 4.79 Å². The van der Waals surface area contributed by atoms with Crippen molar-refractivity contribution in [3.05, 3.63) is 77.5 Å². The minimum Gasteiger partial charge on any atom is -0.481 e. The summed E-state index contributed by atoms with van der Waals surface area (Å²) in [7, 11) is 1.26. The molecular weight excluding hydrogens is 430 g/mol. The fourth-order valence-electron chi connectivity index (χ4n) is 3.99. The van der Waals surface area contributed by atoms with Crippen LogP contribution in [0.15, 0.2) is 60.7 Å². The third-order valence-corrected chi connectivity index (χ3v) is 5.67. The fourth-order valence-corrected chi connectivity index (χ4v) is 4.08. The van der Waals surface area contributed by atoms with Gasteiger partial charge in [0.1, 0.15) is 5.75 Å². The Bertz CT molecular complexity index is 1370. The highest BCUT2D eigenvalue weighted by Crippen LogP contribution is 2.35. The number of rotatable bonds is 7. The number of carbonyl (C=O) groups is 3. The van der Waals surface area contributed by atoms with Gasteiger partial charge in [0.05, 0.1) is 23.6 Å². The van der Waals surface area contributed by atoms with Crippen molar-refractivity contribution in [3.8, 4) is 5.75 Å². The van der Waals surface area contributed by atoms with E-state index in [2.05, 4.69) is 4.74 Å². The van der Waals surface area contributed by atoms with E-state index in [4.69, 9.17) is 16.3 Å². The van der Waals surface area contributed by atoms with Gasteiger partial charge in [-0.15, -0.1) is 0 Å². The Morgan fingerprint density at radius 1 is 0.969 bits per heavy atom. The van der Waals surface area contributed by atoms with Crippen LogP contribution in [0.5, 0.6) is 5.75 Å². The highest BCUT2D eigenvalue weighted by molar-refractivity contribution is 6.83. The fraction of sp³-hybridized carbons (Fsp3) is 0.160. The second kappa shape index (κ2) is 8.85. The van der Waals surface area contributed by atoms with Crippen LogP contribution in [-0.2, 0) is 20.9 Å². The molecule has 0 amide bonds. The lowest BCUT2D eigenvalue weighted by atomic mass is 10.0. The minimum absolute atomic E-state index is 0.167. The zero-order valence-electron chi connectivity index (χ0n) is 17.6. The molecule has 6 nitrogen and oxygen atoms in total. The molecule has 0 atom stereocenters. The molecule has 0 unspecified atom stereocenters. The molecule has 0 saturated heterocycles. The number of nitrogens with zero attached hydrogens (tertiary/aromatic N) is 1. The first-order valence-electron chi connectivity index (χ1n) is 9.94. The van der Waals surface area contributed by atoms with E-state index in [0.29, 0.717) is 28.9 Å². The maximum absolute atomic E-state index is 12.8. The van der Waals surface area contributed by atoms with E-state index in [-0.39, 0.29) is 12.2 Å². The largest absolute Gasteiger partial charge is 0.481 e. The quantitative estimate of drug-likeness (QED) is 0.178. The van der Waals surface area contributed by atoms with Gasteiger partial charge in [-0.1, -0.05) is 48.5 Å². The molecule has 0 radical (unpaired) electrons. The number of Topliss-reactive ketones (excluding diaryl/α,β-unsaturated/α-hetero) is 1. The standard InChI is InChI=1S/C25H20ClNO5/c1-15-22(24(29)25(26)30)23-19(11-6-12-20(23)32-14-21(28)31-2)27(15)13-17-9-5-8-16-7-3-4-10-18(16)17/h3-12H,13-14H2,1-2H3. The van der Waals surface area contributed by atoms with E-state index < -0.39 is 17.0 Å². The van der Waals surface area contributed by atoms with Crippen molar-refractivity contribution in [1.82, 2.24) is 4.57 Å². The van der Waals surface area contributed by atoms with E-state index in [9.17, 15) is 14.4 Å². The number of hydrogen-bond donors (Lipinski definition) is 0. The summed E-state index contributed by atoms with van der Waals surface area (Å²) in [5, 5.41) is 1.55. The van der Waals surface area contributed by atoms with Crippen LogP contribution in [0.3, 0.4) is 0 Å². The molecule has 0 fully saturated rings. The number of aromatic nitrogens is 1. The van der Waals surface area contributed by atoms with Crippen molar-refractivity contribution in [3.63, 3.8) is 0 Å². The van der Waals surface area contributed by atoms with E-state index in [1.807, 2.05) is 53.1 Å². The Kier molecular flexibility index (Phi) is 5.97. The molecule has 3 aromatic carbocycles. The molecule has 1 heterocycles. The molecule has 4 aromatic rings. The SMILES string of the molecule is COC(=O)COc1cccc2c1c(C(=O)C(=O)Cl)c(C)n2Cc1cccc2ccccc12. The van der Waals surface area contributed by atoms with E-state index >= 15 is 0 Å². The molecule has 0 spiro atoms. The van der Waals surface area contributed by atoms with Crippen LogP contribution >= 0.6 is 11.6 Å². The zero-order chi connectivity index (χ0) is 22.8. The predicted octanol–water partition coefficient (Wildman–Crippen LogP) is 4.65. The minimum atomic E-state index is -1.08. The highest BCUT2D eigenvalue weighted by Gasteiger charge is 2.27. The summed E-state index contributed by atoms with van der Waals surface area (Å²) < 4.78 is 12.2. The lowest BCUT2D eigenvalue weighted by molar-refractivity contribution is -0.142. The highest BCUT2D eigenvalue weighted by atomic mass is 35.5. The topological polar surface area (TPSA) is 74.6 Å². The van der Waals surface area contributed by atoms with Crippen LogP contribution < -0.4 is 4.74 Å². The molecule has 0 saturated carbocycles. The molecular formula is C25H20ClNO5. The average Bonchev–Trinajstić information content (AvgIpc) is 3.08. The van der Waals surface area contributed by atoms with Gasteiger partial charge in [0.25, 0.3) is 5.24 Å². The number of ketones is 1. The summed E-state index contributed by atoms with van der Waals surface area (Å²) in [5.74, 6) is -1.08. The Hall–Kier alpha value is -3.64. The summed E-state index contributed by atoms with van der Waals surface area (Å²) >= 11 is 5.57. The molecule has 0 bridgehead atoms. The summed E-state index contributed by atoms with van der Waals surface area (Å²) in [6, 6.07) is 19.4. The lowest BCUT2D eigenvalue weighted by Crippen LogP contribution is -2.13. The van der Waals surface area contributed by atoms with Crippen LogP contribution in [0, 0.1) is 6.92 Å². The third kappa shape index (κ3) is 3.85. The number of ether oxygens (including phenoxy) is 2. The normalized spacial score (nSPS) is 11.0. The van der Waals surface area contributed by atoms with Gasteiger partial charge in [-0.3, -0.25) is 9.59 Å². The van der Waals surface area contributed by atoms with Crippen LogP contribution in [-0.4, -0.2) is 35.3 Å². The number of methoxy groups -OCH3 is 1. The molecule has 7 heteroatoms. The first-order chi connectivity index (χ1) is 15.4. The van der Waals surface area contributed by atoms with Crippen molar-refractivity contribution in [1.29, 1.82) is 0 Å². The number of esters is 1. The van der Waals surface area contributed by atoms with Crippen molar-refractivity contribution >= 4 is 50.3 Å². The smallest absolute Gasteiger partial charge is 0.343 e.